The van der Waals surface area contributed by atoms with E-state index < -0.39 is 15.6 Å². The third-order valence-corrected chi connectivity index (χ3v) is 5.26. The predicted octanol–water partition coefficient (Wildman–Crippen LogP) is 5.02. The first-order chi connectivity index (χ1) is 12.2. The maximum absolute atomic E-state index is 12.8. The van der Waals surface area contributed by atoms with E-state index in [2.05, 4.69) is 22.2 Å². The first kappa shape index (κ1) is 18.4. The average molecular weight is 386 g/mol. The molecule has 26 heavy (non-hydrogen) atoms. The minimum Gasteiger partial charge on any atom is -0.340 e. The molecule has 1 aliphatic heterocycles. The van der Waals surface area contributed by atoms with Crippen molar-refractivity contribution in [1.29, 1.82) is 5.41 Å². The molecule has 2 aromatic rings. The van der Waals surface area contributed by atoms with Gasteiger partial charge in [0.25, 0.3) is 0 Å². The Balaban J connectivity index is 1.92. The highest BCUT2D eigenvalue weighted by Gasteiger charge is 2.39. The zero-order chi connectivity index (χ0) is 19.0. The van der Waals surface area contributed by atoms with Gasteiger partial charge in [0.15, 0.2) is 10.7 Å². The van der Waals surface area contributed by atoms with Crippen LogP contribution in [0.15, 0.2) is 48.0 Å². The molecular weight excluding hydrogens is 368 g/mol. The van der Waals surface area contributed by atoms with Gasteiger partial charge in [0, 0.05) is 42.2 Å². The van der Waals surface area contributed by atoms with Crippen LogP contribution in [0.4, 0.5) is 27.0 Å². The summed E-state index contributed by atoms with van der Waals surface area (Å²) in [5.74, 6) is 0.397. The largest absolute Gasteiger partial charge is 0.340 e. The molecule has 0 spiro atoms. The van der Waals surface area contributed by atoms with Crippen molar-refractivity contribution in [2.45, 2.75) is 4.90 Å². The zero-order valence-corrected chi connectivity index (χ0v) is 14.5. The molecule has 4 nitrogen and oxygen atoms in total. The highest BCUT2D eigenvalue weighted by Crippen LogP contribution is 2.81. The second-order valence-corrected chi connectivity index (χ2v) is 7.95. The number of pyridine rings is 1. The van der Waals surface area contributed by atoms with Gasteiger partial charge in [0.05, 0.1) is 4.90 Å². The number of hydrogen-bond donors (Lipinski definition) is 4. The summed E-state index contributed by atoms with van der Waals surface area (Å²) in [6, 6.07) is 5.43. The van der Waals surface area contributed by atoms with Gasteiger partial charge < -0.3 is 16.0 Å². The number of thiol groups is 1. The first-order valence-corrected chi connectivity index (χ1v) is 9.63. The summed E-state index contributed by atoms with van der Waals surface area (Å²) in [6.07, 6.45) is 3.13. The van der Waals surface area contributed by atoms with Crippen LogP contribution in [0.5, 0.6) is 0 Å². The van der Waals surface area contributed by atoms with Gasteiger partial charge in [-0.2, -0.15) is 0 Å². The minimum atomic E-state index is -7.77. The van der Waals surface area contributed by atoms with E-state index in [1.54, 1.807) is 12.1 Å². The maximum Gasteiger partial charge on any atom is 0.179 e. The number of hydrogen-bond acceptors (Lipinski definition) is 4. The second-order valence-electron chi connectivity index (χ2n) is 5.99. The summed E-state index contributed by atoms with van der Waals surface area (Å²) in [5.41, 5.74) is 1.98. The molecule has 0 saturated carbocycles. The van der Waals surface area contributed by atoms with E-state index in [9.17, 15) is 15.5 Å². The van der Waals surface area contributed by atoms with E-state index in [1.807, 2.05) is 0 Å². The van der Waals surface area contributed by atoms with Crippen molar-refractivity contribution in [3.8, 4) is 0 Å². The summed E-state index contributed by atoms with van der Waals surface area (Å²) in [7, 11) is -7.77. The van der Waals surface area contributed by atoms with Gasteiger partial charge in [-0.25, -0.2) is 4.98 Å². The Labute approximate surface area is 149 Å². The highest BCUT2D eigenvalue weighted by atomic mass is 32.4. The van der Waals surface area contributed by atoms with Crippen LogP contribution in [0.3, 0.4) is 0 Å². The van der Waals surface area contributed by atoms with E-state index in [4.69, 9.17) is 5.41 Å². The zero-order valence-electron chi connectivity index (χ0n) is 13.6. The molecule has 140 valence electrons. The molecule has 0 amide bonds. The molecule has 3 rings (SSSR count). The monoisotopic (exact) mass is 386 g/mol. The second kappa shape index (κ2) is 6.40. The fourth-order valence-electron chi connectivity index (χ4n) is 2.63. The van der Waals surface area contributed by atoms with Crippen LogP contribution in [0.1, 0.15) is 11.1 Å². The number of anilines is 2. The molecule has 3 N–H and O–H groups in total. The molecule has 0 unspecified atom stereocenters. The van der Waals surface area contributed by atoms with Crippen molar-refractivity contribution < 1.29 is 15.5 Å². The summed E-state index contributed by atoms with van der Waals surface area (Å²) in [5, 5.41) is 14.4. The molecule has 0 radical (unpaired) electrons. The van der Waals surface area contributed by atoms with Crippen molar-refractivity contribution in [3.05, 3.63) is 54.2 Å². The summed E-state index contributed by atoms with van der Waals surface area (Å²) in [4.78, 5) is 2.96. The fourth-order valence-corrected chi connectivity index (χ4v) is 3.23. The number of benzene rings is 1. The number of nitrogens with one attached hydrogen (secondary N) is 3. The van der Waals surface area contributed by atoms with Crippen LogP contribution in [0.2, 0.25) is 0 Å². The van der Waals surface area contributed by atoms with Gasteiger partial charge in [0.1, 0.15) is 5.82 Å². The van der Waals surface area contributed by atoms with Gasteiger partial charge in [0.2, 0.25) is 0 Å². The number of nitrogens with zero attached hydrogens (tertiary/aromatic N) is 1. The Morgan fingerprint density at radius 2 is 1.85 bits per heavy atom. The van der Waals surface area contributed by atoms with Crippen LogP contribution in [0, 0.1) is 11.3 Å². The van der Waals surface area contributed by atoms with Crippen LogP contribution in [-0.2, 0) is 0 Å². The van der Waals surface area contributed by atoms with E-state index >= 15 is 0 Å². The molecule has 1 aliphatic rings. The quantitative estimate of drug-likeness (QED) is 0.320. The lowest BCUT2D eigenvalue weighted by atomic mass is 9.89. The maximum atomic E-state index is 12.8. The van der Waals surface area contributed by atoms with Gasteiger partial charge in [-0.05, 0) is 35.9 Å². The van der Waals surface area contributed by atoms with Crippen LogP contribution in [0.25, 0.3) is 6.08 Å². The van der Waals surface area contributed by atoms with Crippen molar-refractivity contribution in [2.24, 2.45) is 5.92 Å². The average Bonchev–Trinajstić information content (AvgIpc) is 2.51. The van der Waals surface area contributed by atoms with Crippen LogP contribution < -0.4 is 10.6 Å². The molecule has 1 fully saturated rings. The summed E-state index contributed by atoms with van der Waals surface area (Å²) >= 11 is 0. The number of halogens is 4. The van der Waals surface area contributed by atoms with Crippen LogP contribution >= 0.6 is 10.7 Å². The van der Waals surface area contributed by atoms with Crippen molar-refractivity contribution in [1.82, 2.24) is 10.3 Å². The predicted molar refractivity (Wildman–Crippen MR) is 98.9 cm³/mol. The smallest absolute Gasteiger partial charge is 0.179 e. The Kier molecular flexibility index (Phi) is 4.53. The first-order valence-electron chi connectivity index (χ1n) is 7.83. The van der Waals surface area contributed by atoms with E-state index in [1.165, 1.54) is 6.20 Å². The van der Waals surface area contributed by atoms with Crippen molar-refractivity contribution >= 4 is 34.0 Å². The summed E-state index contributed by atoms with van der Waals surface area (Å²) in [6.45, 7) is 5.11. The highest BCUT2D eigenvalue weighted by molar-refractivity contribution is 8.33. The summed E-state index contributed by atoms with van der Waals surface area (Å²) < 4.78 is 51.3. The lowest BCUT2D eigenvalue weighted by Crippen LogP contribution is -2.46. The number of aromatic nitrogens is 1. The molecule has 0 atom stereocenters. The van der Waals surface area contributed by atoms with Crippen molar-refractivity contribution in [2.75, 3.05) is 18.4 Å². The minimum absolute atomic E-state index is 0.0445. The Bertz CT molecular complexity index is 848. The molecule has 0 aliphatic carbocycles. The van der Waals surface area contributed by atoms with Crippen LogP contribution in [-0.4, -0.2) is 23.8 Å². The van der Waals surface area contributed by atoms with E-state index in [-0.39, 0.29) is 5.92 Å². The lowest BCUT2D eigenvalue weighted by molar-refractivity contribution is 0.442. The van der Waals surface area contributed by atoms with E-state index in [0.717, 1.165) is 12.1 Å². The standard InChI is InChI=1S/C17H18F4N4S/c1-2-11-7-8-24-17(15(11)16(22)12-9-23-10-12)25-13-3-5-14(6-4-13)26(18,19,20)21/h2-8,12,22-23,26H,1,9-10H2,(H,24,25). The normalized spacial score (nSPS) is 16.2. The Morgan fingerprint density at radius 3 is 2.35 bits per heavy atom. The molecule has 9 heteroatoms. The third-order valence-electron chi connectivity index (χ3n) is 4.18. The molecule has 1 aromatic carbocycles. The molecule has 0 bridgehead atoms. The topological polar surface area (TPSA) is 60.8 Å². The molecular formula is C17H18F4N4S. The van der Waals surface area contributed by atoms with E-state index in [0.29, 0.717) is 53.6 Å². The molecule has 1 saturated heterocycles. The van der Waals surface area contributed by atoms with Gasteiger partial charge in [-0.3, -0.25) is 0 Å². The van der Waals surface area contributed by atoms with Gasteiger partial charge >= 0.3 is 0 Å². The Hall–Kier alpha value is -2.39. The third kappa shape index (κ3) is 3.73. The number of rotatable bonds is 6. The molecule has 2 heterocycles. The lowest BCUT2D eigenvalue weighted by Gasteiger charge is -2.30. The molecule has 1 aromatic heterocycles. The SMILES string of the molecule is C=Cc1ccnc(Nc2ccc([SH](F)(F)(F)F)cc2)c1C(=N)C1CNC1. The Morgan fingerprint density at radius 1 is 1.19 bits per heavy atom. The van der Waals surface area contributed by atoms with Crippen molar-refractivity contribution in [3.63, 3.8) is 0 Å². The van der Waals surface area contributed by atoms with Gasteiger partial charge in [-0.1, -0.05) is 12.7 Å². The van der Waals surface area contributed by atoms with Gasteiger partial charge in [-0.15, -0.1) is 15.5 Å². The fraction of sp³-hybridized carbons (Fsp3) is 0.176.